The largest absolute Gasteiger partial charge is 0.493 e. The maximum atomic E-state index is 12.0. The van der Waals surface area contributed by atoms with Crippen LogP contribution in [0.4, 0.5) is 5.69 Å². The van der Waals surface area contributed by atoms with Crippen molar-refractivity contribution in [3.05, 3.63) is 54.8 Å². The molecule has 12 nitrogen and oxygen atoms in total. The first-order valence-corrected chi connectivity index (χ1v) is 8.94. The Labute approximate surface area is 169 Å². The number of hydrogen-bond donors (Lipinski definition) is 2. The highest BCUT2D eigenvalue weighted by molar-refractivity contribution is 5.64. The van der Waals surface area contributed by atoms with Gasteiger partial charge in [-0.1, -0.05) is 0 Å². The lowest BCUT2D eigenvalue weighted by molar-refractivity contribution is -0.386. The van der Waals surface area contributed by atoms with Crippen molar-refractivity contribution in [3.63, 3.8) is 0 Å². The van der Waals surface area contributed by atoms with Crippen LogP contribution in [0.15, 0.2) is 27.9 Å². The second-order valence-corrected chi connectivity index (χ2v) is 6.63. The van der Waals surface area contributed by atoms with Gasteiger partial charge in [-0.3, -0.25) is 24.5 Å². The number of aromatic amines is 1. The number of aliphatic hydroxyl groups is 1. The summed E-state index contributed by atoms with van der Waals surface area (Å²) < 4.78 is 22.6. The van der Waals surface area contributed by atoms with E-state index in [-0.39, 0.29) is 30.3 Å². The van der Waals surface area contributed by atoms with Gasteiger partial charge in [-0.2, -0.15) is 0 Å². The number of nitrogens with zero attached hydrogens (tertiary/aromatic N) is 2. The molecule has 3 rings (SSSR count). The van der Waals surface area contributed by atoms with Crippen molar-refractivity contribution in [1.82, 2.24) is 9.55 Å². The molecule has 0 spiro atoms. The number of hydrogen-bond acceptors (Lipinski definition) is 9. The Kier molecular flexibility index (Phi) is 6.08. The molecule has 1 unspecified atom stereocenters. The second kappa shape index (κ2) is 8.55. The van der Waals surface area contributed by atoms with E-state index in [9.17, 15) is 24.8 Å². The molecule has 0 radical (unpaired) electrons. The second-order valence-electron chi connectivity index (χ2n) is 6.63. The number of nitrogens with one attached hydrogen (secondary N) is 1. The zero-order chi connectivity index (χ0) is 22.0. The first kappa shape index (κ1) is 21.3. The lowest BCUT2D eigenvalue weighted by atomic mass is 10.2. The molecule has 1 aliphatic heterocycles. The molecule has 1 aromatic heterocycles. The van der Waals surface area contributed by atoms with Crippen molar-refractivity contribution in [3.8, 4) is 17.2 Å². The molecule has 2 heterocycles. The van der Waals surface area contributed by atoms with E-state index in [1.807, 2.05) is 0 Å². The summed E-state index contributed by atoms with van der Waals surface area (Å²) in [5.74, 6) is -0.0171. The van der Waals surface area contributed by atoms with Crippen LogP contribution < -0.4 is 25.5 Å². The molecule has 0 aliphatic carbocycles. The zero-order valence-electron chi connectivity index (χ0n) is 16.5. The summed E-state index contributed by atoms with van der Waals surface area (Å²) in [5.41, 5.74) is -1.28. The van der Waals surface area contributed by atoms with Crippen molar-refractivity contribution in [2.24, 2.45) is 0 Å². The molecular weight excluding hydrogens is 402 g/mol. The number of H-pyrrole nitrogens is 1. The minimum Gasteiger partial charge on any atom is -0.493 e. The number of rotatable bonds is 7. The van der Waals surface area contributed by atoms with Crippen LogP contribution in [0.2, 0.25) is 0 Å². The summed E-state index contributed by atoms with van der Waals surface area (Å²) in [6.45, 7) is 1.32. The maximum absolute atomic E-state index is 12.0. The minimum absolute atomic E-state index is 0.0768. The number of aryl methyl sites for hydroxylation is 1. The Balaban J connectivity index is 1.79. The SMILES string of the molecule is COc1ccc(OC[C@H]2O[C@@H](n3cc(C)c(=O)[nH]c3=O)CC2O)c([N+](=O)[O-])c1OC. The number of aromatic nitrogens is 2. The van der Waals surface area contributed by atoms with Crippen LogP contribution in [-0.4, -0.2) is 52.6 Å². The van der Waals surface area contributed by atoms with Crippen molar-refractivity contribution in [2.45, 2.75) is 31.8 Å². The first-order chi connectivity index (χ1) is 14.3. The fourth-order valence-electron chi connectivity index (χ4n) is 3.19. The van der Waals surface area contributed by atoms with Crippen LogP contribution >= 0.6 is 0 Å². The van der Waals surface area contributed by atoms with E-state index in [1.54, 1.807) is 0 Å². The smallest absolute Gasteiger partial charge is 0.356 e. The maximum Gasteiger partial charge on any atom is 0.356 e. The van der Waals surface area contributed by atoms with Gasteiger partial charge in [0.15, 0.2) is 5.75 Å². The Morgan fingerprint density at radius 1 is 1.30 bits per heavy atom. The molecule has 2 N–H and O–H groups in total. The van der Waals surface area contributed by atoms with E-state index in [2.05, 4.69) is 4.98 Å². The highest BCUT2D eigenvalue weighted by atomic mass is 16.6. The van der Waals surface area contributed by atoms with Gasteiger partial charge < -0.3 is 24.1 Å². The molecule has 12 heteroatoms. The highest BCUT2D eigenvalue weighted by Crippen LogP contribution is 2.43. The summed E-state index contributed by atoms with van der Waals surface area (Å²) in [6.07, 6.45) is -1.25. The van der Waals surface area contributed by atoms with Crippen molar-refractivity contribution in [2.75, 3.05) is 20.8 Å². The van der Waals surface area contributed by atoms with Gasteiger partial charge in [-0.05, 0) is 19.1 Å². The van der Waals surface area contributed by atoms with Gasteiger partial charge in [-0.15, -0.1) is 0 Å². The van der Waals surface area contributed by atoms with Gasteiger partial charge in [0.1, 0.15) is 18.9 Å². The van der Waals surface area contributed by atoms with Crippen LogP contribution in [0.1, 0.15) is 18.2 Å². The topological polar surface area (TPSA) is 155 Å². The number of nitro groups is 1. The van der Waals surface area contributed by atoms with Crippen LogP contribution in [0.25, 0.3) is 0 Å². The average Bonchev–Trinajstić information content (AvgIpc) is 3.08. The Hall–Kier alpha value is -3.38. The van der Waals surface area contributed by atoms with Crippen molar-refractivity contribution >= 4 is 5.69 Å². The zero-order valence-corrected chi connectivity index (χ0v) is 16.5. The monoisotopic (exact) mass is 423 g/mol. The number of benzene rings is 1. The molecule has 30 heavy (non-hydrogen) atoms. The summed E-state index contributed by atoms with van der Waals surface area (Å²) >= 11 is 0. The lowest BCUT2D eigenvalue weighted by Crippen LogP contribution is -2.33. The van der Waals surface area contributed by atoms with E-state index in [0.29, 0.717) is 5.56 Å². The fourth-order valence-corrected chi connectivity index (χ4v) is 3.19. The van der Waals surface area contributed by atoms with Crippen LogP contribution in [0, 0.1) is 17.0 Å². The minimum atomic E-state index is -0.992. The molecular formula is C18H21N3O9. The molecule has 0 saturated carbocycles. The number of ether oxygens (including phenoxy) is 4. The van der Waals surface area contributed by atoms with Crippen LogP contribution in [0.3, 0.4) is 0 Å². The molecule has 0 amide bonds. The predicted octanol–water partition coefficient (Wildman–Crippen LogP) is 0.498. The number of methoxy groups -OCH3 is 2. The molecule has 2 aromatic rings. The fraction of sp³-hybridized carbons (Fsp3) is 0.444. The van der Waals surface area contributed by atoms with Crippen LogP contribution in [-0.2, 0) is 4.74 Å². The Bertz CT molecular complexity index is 1060. The van der Waals surface area contributed by atoms with Gasteiger partial charge >= 0.3 is 11.4 Å². The molecule has 3 atom stereocenters. The average molecular weight is 423 g/mol. The molecule has 162 valence electrons. The van der Waals surface area contributed by atoms with Gasteiger partial charge in [0.2, 0.25) is 11.5 Å². The summed E-state index contributed by atoms with van der Waals surface area (Å²) in [7, 11) is 2.62. The molecule has 1 saturated heterocycles. The van der Waals surface area contributed by atoms with E-state index in [0.717, 1.165) is 0 Å². The summed E-state index contributed by atoms with van der Waals surface area (Å²) in [5, 5.41) is 21.8. The molecule has 1 aromatic carbocycles. The van der Waals surface area contributed by atoms with E-state index in [1.165, 1.54) is 44.0 Å². The molecule has 1 fully saturated rings. The van der Waals surface area contributed by atoms with E-state index >= 15 is 0 Å². The lowest BCUT2D eigenvalue weighted by Gasteiger charge is -2.17. The number of nitro benzene ring substituents is 1. The van der Waals surface area contributed by atoms with Gasteiger partial charge in [0.25, 0.3) is 5.56 Å². The van der Waals surface area contributed by atoms with Gasteiger partial charge in [0, 0.05) is 18.2 Å². The highest BCUT2D eigenvalue weighted by Gasteiger charge is 2.37. The van der Waals surface area contributed by atoms with E-state index < -0.39 is 40.3 Å². The molecule has 0 bridgehead atoms. The summed E-state index contributed by atoms with van der Waals surface area (Å²) in [6, 6.07) is 2.81. The normalized spacial score (nSPS) is 20.7. The first-order valence-electron chi connectivity index (χ1n) is 8.94. The van der Waals surface area contributed by atoms with Gasteiger partial charge in [-0.25, -0.2) is 4.79 Å². The van der Waals surface area contributed by atoms with Crippen molar-refractivity contribution in [1.29, 1.82) is 0 Å². The third-order valence-electron chi connectivity index (χ3n) is 4.73. The third kappa shape index (κ3) is 4.00. The Morgan fingerprint density at radius 2 is 2.00 bits per heavy atom. The molecule has 1 aliphatic rings. The van der Waals surface area contributed by atoms with Gasteiger partial charge in [0.05, 0.1) is 25.2 Å². The number of aliphatic hydroxyl groups excluding tert-OH is 1. The Morgan fingerprint density at radius 3 is 2.63 bits per heavy atom. The van der Waals surface area contributed by atoms with Crippen LogP contribution in [0.5, 0.6) is 17.2 Å². The standard InChI is InChI=1S/C18H21N3O9/c1-9-7-20(18(24)19-17(9)23)14-6-10(22)13(30-14)8-29-11-4-5-12(27-2)16(28-3)15(11)21(25)26/h4-5,7,10,13-14,22H,6,8H2,1-3H3,(H,19,23,24)/t10?,13-,14-/m1/s1. The van der Waals surface area contributed by atoms with E-state index in [4.69, 9.17) is 18.9 Å². The summed E-state index contributed by atoms with van der Waals surface area (Å²) in [4.78, 5) is 36.6. The van der Waals surface area contributed by atoms with Crippen molar-refractivity contribution < 1.29 is 29.0 Å². The predicted molar refractivity (Wildman–Crippen MR) is 102 cm³/mol. The quantitative estimate of drug-likeness (QED) is 0.478. The third-order valence-corrected chi connectivity index (χ3v) is 4.73.